The summed E-state index contributed by atoms with van der Waals surface area (Å²) >= 11 is 0. The normalized spacial score (nSPS) is 15.4. The van der Waals surface area contributed by atoms with Crippen LogP contribution < -0.4 is 5.73 Å². The lowest BCUT2D eigenvalue weighted by atomic mass is 10.0. The van der Waals surface area contributed by atoms with Crippen molar-refractivity contribution in [3.05, 3.63) is 0 Å². The highest BCUT2D eigenvalue weighted by Crippen LogP contribution is 2.15. The third kappa shape index (κ3) is 6.16. The number of sulfone groups is 1. The molecule has 0 aliphatic carbocycles. The molecule has 5 heteroatoms. The van der Waals surface area contributed by atoms with E-state index in [4.69, 9.17) is 5.73 Å². The Hall–Kier alpha value is -0.130. The topological polar surface area (TPSA) is 63.4 Å². The van der Waals surface area contributed by atoms with E-state index >= 15 is 0 Å². The largest absolute Gasteiger partial charge is 0.327 e. The Morgan fingerprint density at radius 1 is 1.17 bits per heavy atom. The smallest absolute Gasteiger partial charge is 0.156 e. The summed E-state index contributed by atoms with van der Waals surface area (Å²) in [7, 11) is -1.07. The number of hydrogen-bond acceptors (Lipinski definition) is 4. The molecule has 2 N–H and O–H groups in total. The van der Waals surface area contributed by atoms with Gasteiger partial charge < -0.3 is 10.6 Å². The summed E-state index contributed by atoms with van der Waals surface area (Å²) in [4.78, 5) is 2.05. The first-order valence-electron chi connectivity index (χ1n) is 6.64. The highest BCUT2D eigenvalue weighted by molar-refractivity contribution is 7.92. The zero-order valence-corrected chi connectivity index (χ0v) is 13.5. The molecule has 110 valence electrons. The van der Waals surface area contributed by atoms with Gasteiger partial charge in [-0.3, -0.25) is 0 Å². The monoisotopic (exact) mass is 278 g/mol. The van der Waals surface area contributed by atoms with E-state index in [1.807, 2.05) is 11.9 Å². The van der Waals surface area contributed by atoms with Crippen molar-refractivity contribution in [1.82, 2.24) is 4.90 Å². The average Bonchev–Trinajstić information content (AvgIpc) is 2.21. The van der Waals surface area contributed by atoms with E-state index in [1.165, 1.54) is 0 Å². The molecular formula is C13H30N2O2S. The van der Waals surface area contributed by atoms with E-state index in [-0.39, 0.29) is 11.8 Å². The van der Waals surface area contributed by atoms with Crippen LogP contribution in [0.15, 0.2) is 0 Å². The minimum absolute atomic E-state index is 0.187. The van der Waals surface area contributed by atoms with Crippen LogP contribution in [0.5, 0.6) is 0 Å². The molecule has 0 saturated carbocycles. The Kier molecular flexibility index (Phi) is 6.82. The summed E-state index contributed by atoms with van der Waals surface area (Å²) in [5.41, 5.74) is 5.97. The minimum Gasteiger partial charge on any atom is -0.327 e. The second-order valence-corrected chi connectivity index (χ2v) is 9.29. The fourth-order valence-electron chi connectivity index (χ4n) is 1.40. The molecule has 18 heavy (non-hydrogen) atoms. The van der Waals surface area contributed by atoms with Gasteiger partial charge >= 0.3 is 0 Å². The molecule has 1 atom stereocenters. The maximum atomic E-state index is 12.0. The van der Waals surface area contributed by atoms with Gasteiger partial charge in [-0.1, -0.05) is 13.8 Å². The quantitative estimate of drug-likeness (QED) is 0.766. The zero-order chi connectivity index (χ0) is 14.6. The van der Waals surface area contributed by atoms with Crippen molar-refractivity contribution in [2.45, 2.75) is 51.8 Å². The summed E-state index contributed by atoms with van der Waals surface area (Å²) < 4.78 is 23.2. The predicted molar refractivity (Wildman–Crippen MR) is 78.5 cm³/mol. The zero-order valence-electron chi connectivity index (χ0n) is 12.7. The van der Waals surface area contributed by atoms with Crippen molar-refractivity contribution in [1.29, 1.82) is 0 Å². The summed E-state index contributed by atoms with van der Waals surface area (Å²) in [6, 6.07) is 0.187. The highest BCUT2D eigenvalue weighted by atomic mass is 32.2. The molecule has 0 aliphatic heterocycles. The Labute approximate surface area is 113 Å². The van der Waals surface area contributed by atoms with Crippen LogP contribution in [0, 0.1) is 5.92 Å². The fraction of sp³-hybridized carbons (Fsp3) is 1.00. The van der Waals surface area contributed by atoms with Gasteiger partial charge in [-0.2, -0.15) is 0 Å². The molecule has 0 aromatic rings. The van der Waals surface area contributed by atoms with Gasteiger partial charge in [-0.15, -0.1) is 0 Å². The van der Waals surface area contributed by atoms with Crippen molar-refractivity contribution in [3.8, 4) is 0 Å². The molecule has 0 aromatic carbocycles. The molecular weight excluding hydrogens is 248 g/mol. The lowest BCUT2D eigenvalue weighted by Crippen LogP contribution is -2.37. The highest BCUT2D eigenvalue weighted by Gasteiger charge is 2.28. The number of hydrogen-bond donors (Lipinski definition) is 1. The van der Waals surface area contributed by atoms with E-state index < -0.39 is 14.6 Å². The van der Waals surface area contributed by atoms with Gasteiger partial charge in [0.25, 0.3) is 0 Å². The Balaban J connectivity index is 4.09. The van der Waals surface area contributed by atoms with Crippen molar-refractivity contribution in [2.75, 3.05) is 25.9 Å². The second kappa shape index (κ2) is 6.87. The van der Waals surface area contributed by atoms with Crippen LogP contribution in [0.1, 0.15) is 41.0 Å². The molecule has 0 bridgehead atoms. The molecule has 1 unspecified atom stereocenters. The maximum Gasteiger partial charge on any atom is 0.156 e. The molecule has 0 fully saturated rings. The summed E-state index contributed by atoms with van der Waals surface area (Å²) in [6.45, 7) is 10.9. The summed E-state index contributed by atoms with van der Waals surface area (Å²) in [5, 5.41) is 0. The van der Waals surface area contributed by atoms with E-state index in [2.05, 4.69) is 13.8 Å². The number of nitrogens with two attached hydrogens (primary N) is 1. The van der Waals surface area contributed by atoms with Gasteiger partial charge in [0.1, 0.15) is 0 Å². The maximum absolute atomic E-state index is 12.0. The van der Waals surface area contributed by atoms with Crippen molar-refractivity contribution < 1.29 is 8.42 Å². The van der Waals surface area contributed by atoms with E-state index in [1.54, 1.807) is 20.8 Å². The van der Waals surface area contributed by atoms with Gasteiger partial charge in [-0.05, 0) is 46.7 Å². The molecule has 0 rings (SSSR count). The fourth-order valence-corrected chi connectivity index (χ4v) is 2.56. The van der Waals surface area contributed by atoms with Gasteiger partial charge in [0.05, 0.1) is 10.5 Å². The molecule has 0 saturated heterocycles. The first kappa shape index (κ1) is 17.9. The van der Waals surface area contributed by atoms with Crippen LogP contribution in [0.4, 0.5) is 0 Å². The molecule has 0 amide bonds. The number of rotatable bonds is 7. The summed E-state index contributed by atoms with van der Waals surface area (Å²) in [6.07, 6.45) is 0.906. The lowest BCUT2D eigenvalue weighted by Gasteiger charge is -2.24. The molecule has 0 heterocycles. The first-order valence-corrected chi connectivity index (χ1v) is 8.29. The van der Waals surface area contributed by atoms with Crippen molar-refractivity contribution in [3.63, 3.8) is 0 Å². The Morgan fingerprint density at radius 3 is 2.06 bits per heavy atom. The van der Waals surface area contributed by atoms with Gasteiger partial charge in [-0.25, -0.2) is 8.42 Å². The van der Waals surface area contributed by atoms with Crippen LogP contribution in [0.2, 0.25) is 0 Å². The SMILES string of the molecule is CC(C)C(N)CCN(C)CCS(=O)(=O)C(C)(C)C. The van der Waals surface area contributed by atoms with Crippen molar-refractivity contribution in [2.24, 2.45) is 11.7 Å². The van der Waals surface area contributed by atoms with E-state index in [0.29, 0.717) is 12.5 Å². The molecule has 0 aromatic heterocycles. The minimum atomic E-state index is -3.02. The average molecular weight is 278 g/mol. The van der Waals surface area contributed by atoms with E-state index in [9.17, 15) is 8.42 Å². The van der Waals surface area contributed by atoms with Crippen LogP contribution in [0.25, 0.3) is 0 Å². The first-order chi connectivity index (χ1) is 7.97. The van der Waals surface area contributed by atoms with Gasteiger partial charge in [0.15, 0.2) is 9.84 Å². The predicted octanol–water partition coefficient (Wildman–Crippen LogP) is 1.50. The Morgan fingerprint density at radius 2 is 1.67 bits per heavy atom. The second-order valence-electron chi connectivity index (χ2n) is 6.43. The van der Waals surface area contributed by atoms with Gasteiger partial charge in [0, 0.05) is 12.6 Å². The molecule has 4 nitrogen and oxygen atoms in total. The van der Waals surface area contributed by atoms with Crippen LogP contribution in [0.3, 0.4) is 0 Å². The van der Waals surface area contributed by atoms with Crippen molar-refractivity contribution >= 4 is 9.84 Å². The third-order valence-electron chi connectivity index (χ3n) is 3.38. The standard InChI is InChI=1S/C13H30N2O2S/c1-11(2)12(14)7-8-15(6)9-10-18(16,17)13(3,4)5/h11-12H,7-10,14H2,1-6H3. The molecule has 0 radical (unpaired) electrons. The number of nitrogens with zero attached hydrogens (tertiary/aromatic N) is 1. The third-order valence-corrected chi connectivity index (χ3v) is 5.96. The van der Waals surface area contributed by atoms with Crippen LogP contribution in [-0.4, -0.2) is 50.0 Å². The lowest BCUT2D eigenvalue weighted by molar-refractivity contribution is 0.316. The van der Waals surface area contributed by atoms with Crippen LogP contribution >= 0.6 is 0 Å². The molecule has 0 spiro atoms. The van der Waals surface area contributed by atoms with Gasteiger partial charge in [0.2, 0.25) is 0 Å². The summed E-state index contributed by atoms with van der Waals surface area (Å²) in [5.74, 6) is 0.681. The van der Waals surface area contributed by atoms with Crippen LogP contribution in [-0.2, 0) is 9.84 Å². The Bertz CT molecular complexity index is 331. The van der Waals surface area contributed by atoms with E-state index in [0.717, 1.165) is 13.0 Å². The molecule has 0 aliphatic rings.